The molecular weight excluding hydrogens is 530 g/mol. The maximum Gasteiger partial charge on any atom is 0.163 e. The summed E-state index contributed by atoms with van der Waals surface area (Å²) in [4.78, 5) is 10.1. The molecule has 186 valence electrons. The van der Waals surface area contributed by atoms with Crippen LogP contribution in [0.5, 0.6) is 0 Å². The standard InChI is InChI=1S/C28H15N7O2S2/c1-2-35-21(23-5-7-25(36-23)27-33-15-19(38-27)9-17(11-29)12-30)3-4-22(35)24-6-8-26(37-24)28-34-16-20(39-28)10-18(13-31)14-32/h3-10,15-16H,2H2,1H3. The van der Waals surface area contributed by atoms with Crippen molar-refractivity contribution in [2.45, 2.75) is 13.5 Å². The Morgan fingerprint density at radius 2 is 1.13 bits per heavy atom. The van der Waals surface area contributed by atoms with E-state index in [-0.39, 0.29) is 11.1 Å². The lowest BCUT2D eigenvalue weighted by Gasteiger charge is -2.08. The Labute approximate surface area is 230 Å². The van der Waals surface area contributed by atoms with E-state index in [1.165, 1.54) is 34.8 Å². The molecule has 0 spiro atoms. The van der Waals surface area contributed by atoms with Gasteiger partial charge in [-0.1, -0.05) is 0 Å². The second kappa shape index (κ2) is 10.9. The minimum Gasteiger partial charge on any atom is -0.452 e. The lowest BCUT2D eigenvalue weighted by atomic mass is 10.3. The number of furan rings is 2. The third-order valence-corrected chi connectivity index (χ3v) is 7.46. The third-order valence-electron chi connectivity index (χ3n) is 5.54. The Kier molecular flexibility index (Phi) is 7.03. The maximum atomic E-state index is 8.97. The van der Waals surface area contributed by atoms with Gasteiger partial charge in [0.25, 0.3) is 0 Å². The SMILES string of the molecule is CCn1c(-c2ccc(-c3ncc(C=C(C#N)C#N)s3)o2)ccc1-c1ccc(-c2ncc(C=C(C#N)C#N)s2)o1. The van der Waals surface area contributed by atoms with E-state index in [1.54, 1.807) is 12.4 Å². The van der Waals surface area contributed by atoms with Gasteiger partial charge in [-0.05, 0) is 55.5 Å². The number of thiazole rings is 2. The Hall–Kier alpha value is -5.46. The van der Waals surface area contributed by atoms with E-state index in [1.807, 2.05) is 67.6 Å². The molecule has 0 fully saturated rings. The first-order valence-electron chi connectivity index (χ1n) is 11.4. The van der Waals surface area contributed by atoms with Gasteiger partial charge < -0.3 is 13.4 Å². The average molecular weight is 546 g/mol. The number of rotatable bonds is 7. The van der Waals surface area contributed by atoms with Crippen LogP contribution in [0.1, 0.15) is 16.7 Å². The fourth-order valence-corrected chi connectivity index (χ4v) is 5.46. The molecule has 0 unspecified atom stereocenters. The summed E-state index contributed by atoms with van der Waals surface area (Å²) in [6, 6.07) is 18.7. The van der Waals surface area contributed by atoms with Crippen LogP contribution in [-0.2, 0) is 6.54 Å². The first-order chi connectivity index (χ1) is 19.1. The summed E-state index contributed by atoms with van der Waals surface area (Å²) >= 11 is 2.66. The van der Waals surface area contributed by atoms with Crippen LogP contribution in [0, 0.1) is 45.3 Å². The van der Waals surface area contributed by atoms with Crippen molar-refractivity contribution in [3.63, 3.8) is 0 Å². The van der Waals surface area contributed by atoms with Gasteiger partial charge in [0.2, 0.25) is 0 Å². The minimum atomic E-state index is 0.0130. The normalized spacial score (nSPS) is 10.2. The number of allylic oxidation sites excluding steroid dienone is 2. The summed E-state index contributed by atoms with van der Waals surface area (Å²) in [7, 11) is 0. The zero-order chi connectivity index (χ0) is 27.4. The highest BCUT2D eigenvalue weighted by atomic mass is 32.1. The van der Waals surface area contributed by atoms with Crippen molar-refractivity contribution >= 4 is 34.8 Å². The van der Waals surface area contributed by atoms with Crippen molar-refractivity contribution in [1.82, 2.24) is 14.5 Å². The van der Waals surface area contributed by atoms with Crippen molar-refractivity contribution in [2.24, 2.45) is 0 Å². The zero-order valence-electron chi connectivity index (χ0n) is 20.2. The highest BCUT2D eigenvalue weighted by Gasteiger charge is 2.18. The topological polar surface area (TPSA) is 152 Å². The Morgan fingerprint density at radius 1 is 0.718 bits per heavy atom. The molecule has 0 saturated heterocycles. The first-order valence-corrected chi connectivity index (χ1v) is 13.1. The molecule has 11 heteroatoms. The lowest BCUT2D eigenvalue weighted by Crippen LogP contribution is -1.98. The molecule has 0 saturated carbocycles. The van der Waals surface area contributed by atoms with Gasteiger partial charge in [-0.3, -0.25) is 0 Å². The van der Waals surface area contributed by atoms with Crippen LogP contribution in [0.3, 0.4) is 0 Å². The molecule has 0 aliphatic rings. The molecule has 0 amide bonds. The second-order valence-corrected chi connectivity index (χ2v) is 10.00. The molecule has 5 aromatic rings. The smallest absolute Gasteiger partial charge is 0.163 e. The second-order valence-electron chi connectivity index (χ2n) is 7.87. The molecule has 0 bridgehead atoms. The summed E-state index contributed by atoms with van der Waals surface area (Å²) in [6.45, 7) is 2.70. The summed E-state index contributed by atoms with van der Waals surface area (Å²) in [6.07, 6.45) is 6.20. The number of aromatic nitrogens is 3. The fourth-order valence-electron chi connectivity index (χ4n) is 3.82. The lowest BCUT2D eigenvalue weighted by molar-refractivity contribution is 0.578. The van der Waals surface area contributed by atoms with Crippen LogP contribution in [0.25, 0.3) is 56.6 Å². The Bertz CT molecular complexity index is 1750. The van der Waals surface area contributed by atoms with Crippen LogP contribution in [0.15, 0.2) is 68.8 Å². The van der Waals surface area contributed by atoms with Crippen LogP contribution >= 0.6 is 22.7 Å². The zero-order valence-corrected chi connectivity index (χ0v) is 21.9. The molecule has 5 heterocycles. The van der Waals surface area contributed by atoms with Crippen LogP contribution < -0.4 is 0 Å². The first kappa shape index (κ1) is 25.2. The van der Waals surface area contributed by atoms with Crippen LogP contribution in [0.2, 0.25) is 0 Å². The van der Waals surface area contributed by atoms with Crippen LogP contribution in [-0.4, -0.2) is 14.5 Å². The van der Waals surface area contributed by atoms with Gasteiger partial charge in [-0.2, -0.15) is 21.0 Å². The summed E-state index contributed by atoms with van der Waals surface area (Å²) in [5, 5.41) is 37.2. The predicted octanol–water partition coefficient (Wildman–Crippen LogP) is 7.14. The van der Waals surface area contributed by atoms with E-state index in [2.05, 4.69) is 14.5 Å². The predicted molar refractivity (Wildman–Crippen MR) is 146 cm³/mol. The van der Waals surface area contributed by atoms with Gasteiger partial charge >= 0.3 is 0 Å². The van der Waals surface area contributed by atoms with Crippen molar-refractivity contribution < 1.29 is 8.83 Å². The van der Waals surface area contributed by atoms with E-state index in [9.17, 15) is 0 Å². The molecule has 39 heavy (non-hydrogen) atoms. The van der Waals surface area contributed by atoms with Crippen molar-refractivity contribution in [3.05, 3.63) is 69.7 Å². The van der Waals surface area contributed by atoms with E-state index >= 15 is 0 Å². The van der Waals surface area contributed by atoms with Crippen molar-refractivity contribution in [2.75, 3.05) is 0 Å². The van der Waals surface area contributed by atoms with Crippen molar-refractivity contribution in [1.29, 1.82) is 21.0 Å². The molecule has 0 radical (unpaired) electrons. The molecule has 0 aliphatic carbocycles. The molecule has 0 aromatic carbocycles. The van der Waals surface area contributed by atoms with Gasteiger partial charge in [0.1, 0.15) is 35.4 Å². The van der Waals surface area contributed by atoms with E-state index in [0.29, 0.717) is 49.4 Å². The third kappa shape index (κ3) is 5.05. The highest BCUT2D eigenvalue weighted by molar-refractivity contribution is 7.16. The summed E-state index contributed by atoms with van der Waals surface area (Å²) < 4.78 is 14.3. The maximum absolute atomic E-state index is 8.97. The summed E-state index contributed by atoms with van der Waals surface area (Å²) in [5.74, 6) is 2.49. The average Bonchev–Trinajstić information content (AvgIpc) is 3.78. The molecule has 5 rings (SSSR count). The van der Waals surface area contributed by atoms with Gasteiger partial charge in [-0.15, -0.1) is 22.7 Å². The fraction of sp³-hybridized carbons (Fsp3) is 0.0714. The van der Waals surface area contributed by atoms with Gasteiger partial charge in [0.15, 0.2) is 33.1 Å². The molecule has 0 aliphatic heterocycles. The quantitative estimate of drug-likeness (QED) is 0.196. The number of hydrogen-bond acceptors (Lipinski definition) is 10. The van der Waals surface area contributed by atoms with E-state index < -0.39 is 0 Å². The molecule has 0 N–H and O–H groups in total. The largest absolute Gasteiger partial charge is 0.452 e. The van der Waals surface area contributed by atoms with Gasteiger partial charge in [0, 0.05) is 28.7 Å². The Balaban J connectivity index is 1.41. The highest BCUT2D eigenvalue weighted by Crippen LogP contribution is 2.36. The van der Waals surface area contributed by atoms with E-state index in [4.69, 9.17) is 29.9 Å². The Morgan fingerprint density at radius 3 is 1.51 bits per heavy atom. The minimum absolute atomic E-state index is 0.0130. The van der Waals surface area contributed by atoms with Gasteiger partial charge in [-0.25, -0.2) is 9.97 Å². The van der Waals surface area contributed by atoms with Crippen molar-refractivity contribution in [3.8, 4) is 68.7 Å². The van der Waals surface area contributed by atoms with Gasteiger partial charge in [0.05, 0.1) is 11.4 Å². The molecule has 5 aromatic heterocycles. The van der Waals surface area contributed by atoms with Crippen LogP contribution in [0.4, 0.5) is 0 Å². The van der Waals surface area contributed by atoms with E-state index in [0.717, 1.165) is 11.4 Å². The molecule has 9 nitrogen and oxygen atoms in total. The molecular formula is C28H15N7O2S2. The number of nitriles is 4. The molecule has 0 atom stereocenters. The summed E-state index contributed by atoms with van der Waals surface area (Å²) in [5.41, 5.74) is 1.76. The monoisotopic (exact) mass is 545 g/mol. The number of nitrogens with zero attached hydrogens (tertiary/aromatic N) is 7. The number of hydrogen-bond donors (Lipinski definition) is 0.